The van der Waals surface area contributed by atoms with Crippen molar-refractivity contribution in [3.8, 4) is 11.5 Å². The zero-order chi connectivity index (χ0) is 25.2. The van der Waals surface area contributed by atoms with Gasteiger partial charge < -0.3 is 24.8 Å². The van der Waals surface area contributed by atoms with Gasteiger partial charge in [0.05, 0.1) is 5.60 Å². The third-order valence-corrected chi connectivity index (χ3v) is 8.61. The van der Waals surface area contributed by atoms with Gasteiger partial charge >= 0.3 is 0 Å². The number of likely N-dealkylation sites (tertiary alicyclic amines) is 1. The molecule has 2 saturated heterocycles. The molecule has 9 heteroatoms. The van der Waals surface area contributed by atoms with Gasteiger partial charge in [0.1, 0.15) is 24.8 Å². The highest BCUT2D eigenvalue weighted by Gasteiger charge is 2.54. The third-order valence-electron chi connectivity index (χ3n) is 8.61. The fourth-order valence-electron chi connectivity index (χ4n) is 6.47. The fraction of sp³-hybridized carbons (Fsp3) is 0.714. The number of piperazine rings is 1. The van der Waals surface area contributed by atoms with Gasteiger partial charge in [-0.2, -0.15) is 0 Å². The summed E-state index contributed by atoms with van der Waals surface area (Å²) >= 11 is 0. The number of nitrogens with one attached hydrogen (secondary N) is 1. The van der Waals surface area contributed by atoms with E-state index in [0.717, 1.165) is 68.8 Å². The van der Waals surface area contributed by atoms with Crippen LogP contribution in [-0.4, -0.2) is 76.8 Å². The molecule has 1 aromatic carbocycles. The number of carbonyl (C=O) groups excluding carboxylic acids is 2. The Kier molecular flexibility index (Phi) is 8.92. The molecule has 1 aliphatic carbocycles. The average Bonchev–Trinajstić information content (AvgIpc) is 2.89. The first-order valence-corrected chi connectivity index (χ1v) is 13.9. The number of hydrogen-bond donors (Lipinski definition) is 2. The first kappa shape index (κ1) is 28.0. The van der Waals surface area contributed by atoms with E-state index < -0.39 is 17.2 Å². The second-order valence-electron chi connectivity index (χ2n) is 11.1. The molecule has 1 spiro atoms. The zero-order valence-electron chi connectivity index (χ0n) is 22.0. The number of unbranched alkanes of at least 4 members (excludes halogenated alkanes) is 1. The highest BCUT2D eigenvalue weighted by Crippen LogP contribution is 2.38. The number of piperidine rings is 1. The molecule has 3 aliphatic heterocycles. The van der Waals surface area contributed by atoms with Crippen molar-refractivity contribution in [3.05, 3.63) is 23.8 Å². The summed E-state index contributed by atoms with van der Waals surface area (Å²) in [6.07, 6.45) is 7.91. The maximum atomic E-state index is 13.7. The Labute approximate surface area is 226 Å². The summed E-state index contributed by atoms with van der Waals surface area (Å²) in [5, 5.41) is 14.2. The van der Waals surface area contributed by atoms with E-state index in [1.165, 1.54) is 0 Å². The predicted molar refractivity (Wildman–Crippen MR) is 143 cm³/mol. The molecule has 0 bridgehead atoms. The normalized spacial score (nSPS) is 24.9. The molecule has 2 amide bonds. The molecule has 2 N–H and O–H groups in total. The lowest BCUT2D eigenvalue weighted by Gasteiger charge is -2.52. The first-order chi connectivity index (χ1) is 17.4. The van der Waals surface area contributed by atoms with E-state index in [1.807, 2.05) is 17.0 Å². The molecular formula is C28H42ClN3O5. The van der Waals surface area contributed by atoms with Crippen LogP contribution in [0.4, 0.5) is 0 Å². The zero-order valence-corrected chi connectivity index (χ0v) is 22.8. The molecular weight excluding hydrogens is 494 g/mol. The molecule has 1 atom stereocenters. The van der Waals surface area contributed by atoms with Crippen molar-refractivity contribution in [3.63, 3.8) is 0 Å². The van der Waals surface area contributed by atoms with Gasteiger partial charge in [0.2, 0.25) is 11.8 Å². The molecule has 1 saturated carbocycles. The molecule has 0 unspecified atom stereocenters. The number of fused-ring (bicyclic) bond motifs is 1. The molecule has 0 aromatic heterocycles. The van der Waals surface area contributed by atoms with E-state index in [-0.39, 0.29) is 24.2 Å². The molecule has 206 valence electrons. The lowest BCUT2D eigenvalue weighted by atomic mass is 9.77. The number of hydrogen-bond acceptors (Lipinski definition) is 6. The second kappa shape index (κ2) is 11.8. The van der Waals surface area contributed by atoms with E-state index >= 15 is 0 Å². The summed E-state index contributed by atoms with van der Waals surface area (Å²) in [5.41, 5.74) is -0.482. The van der Waals surface area contributed by atoms with Gasteiger partial charge in [-0.25, -0.2) is 0 Å². The van der Waals surface area contributed by atoms with Crippen molar-refractivity contribution < 1.29 is 24.2 Å². The molecule has 37 heavy (non-hydrogen) atoms. The van der Waals surface area contributed by atoms with E-state index in [1.54, 1.807) is 0 Å². The molecule has 5 rings (SSSR count). The molecule has 3 fully saturated rings. The van der Waals surface area contributed by atoms with Crippen LogP contribution in [0.1, 0.15) is 76.7 Å². The number of rotatable bonds is 7. The van der Waals surface area contributed by atoms with Crippen LogP contribution >= 0.6 is 12.4 Å². The highest BCUT2D eigenvalue weighted by molar-refractivity contribution is 6.00. The van der Waals surface area contributed by atoms with Crippen LogP contribution < -0.4 is 14.8 Å². The maximum Gasteiger partial charge on any atom is 0.246 e. The maximum absolute atomic E-state index is 13.7. The molecule has 4 aliphatic rings. The number of nitrogens with zero attached hydrogens (tertiary/aromatic N) is 2. The Morgan fingerprint density at radius 3 is 2.43 bits per heavy atom. The van der Waals surface area contributed by atoms with Crippen molar-refractivity contribution in [2.24, 2.45) is 0 Å². The Morgan fingerprint density at radius 1 is 1.03 bits per heavy atom. The Hall–Kier alpha value is -2.03. The largest absolute Gasteiger partial charge is 0.486 e. The predicted octanol–water partition coefficient (Wildman–Crippen LogP) is 3.43. The number of ether oxygens (including phenoxy) is 2. The van der Waals surface area contributed by atoms with Crippen LogP contribution in [0.15, 0.2) is 18.2 Å². The van der Waals surface area contributed by atoms with Crippen LogP contribution in [0.25, 0.3) is 0 Å². The van der Waals surface area contributed by atoms with Gasteiger partial charge in [0, 0.05) is 32.6 Å². The average molecular weight is 536 g/mol. The lowest BCUT2D eigenvalue weighted by molar-refractivity contribution is -0.163. The minimum absolute atomic E-state index is 0. The van der Waals surface area contributed by atoms with Gasteiger partial charge in [0.25, 0.3) is 0 Å². The lowest BCUT2D eigenvalue weighted by Crippen LogP contribution is -2.73. The van der Waals surface area contributed by atoms with Crippen molar-refractivity contribution in [2.45, 2.75) is 94.9 Å². The van der Waals surface area contributed by atoms with Crippen molar-refractivity contribution in [1.29, 1.82) is 0 Å². The van der Waals surface area contributed by atoms with Gasteiger partial charge in [-0.05, 0) is 49.8 Å². The van der Waals surface area contributed by atoms with Crippen molar-refractivity contribution in [2.75, 3.05) is 32.8 Å². The Morgan fingerprint density at radius 2 is 1.73 bits per heavy atom. The minimum Gasteiger partial charge on any atom is -0.486 e. The molecule has 8 nitrogen and oxygen atoms in total. The summed E-state index contributed by atoms with van der Waals surface area (Å²) in [4.78, 5) is 31.6. The monoisotopic (exact) mass is 535 g/mol. The van der Waals surface area contributed by atoms with Gasteiger partial charge in [0.15, 0.2) is 11.5 Å². The Bertz CT molecular complexity index is 959. The molecule has 0 radical (unpaired) electrons. The summed E-state index contributed by atoms with van der Waals surface area (Å²) in [6.45, 7) is 6.11. The fourth-order valence-corrected chi connectivity index (χ4v) is 6.47. The summed E-state index contributed by atoms with van der Waals surface area (Å²) in [5.74, 6) is 1.53. The third kappa shape index (κ3) is 5.86. The minimum atomic E-state index is -0.847. The van der Waals surface area contributed by atoms with E-state index in [2.05, 4.69) is 23.2 Å². The SMILES string of the molecule is CCCCN1C(=O)[C@@H](CC2(O)CCCCC2)NC(=O)C12CCN(Cc1ccc3c(c1)OCCO3)CC2.Cl. The summed E-state index contributed by atoms with van der Waals surface area (Å²) < 4.78 is 11.4. The molecule has 3 heterocycles. The standard InChI is InChI=1S/C28H41N3O5.ClH/c1-2-3-13-31-25(32)22(19-27(34)9-5-4-6-10-27)29-26(33)28(31)11-14-30(15-12-28)20-21-7-8-23-24(18-21)36-17-16-35-23;/h7-8,18,22,34H,2-6,9-17,19-20H2,1H3,(H,29,33);1H/t22-;/m1./s1. The number of carbonyl (C=O) groups is 2. The number of amides is 2. The quantitative estimate of drug-likeness (QED) is 0.556. The van der Waals surface area contributed by atoms with E-state index in [4.69, 9.17) is 9.47 Å². The van der Waals surface area contributed by atoms with Crippen LogP contribution in [-0.2, 0) is 16.1 Å². The van der Waals surface area contributed by atoms with Crippen LogP contribution in [0, 0.1) is 0 Å². The Balaban J connectivity index is 0.00000320. The first-order valence-electron chi connectivity index (χ1n) is 13.9. The van der Waals surface area contributed by atoms with E-state index in [0.29, 0.717) is 51.9 Å². The van der Waals surface area contributed by atoms with Gasteiger partial charge in [-0.3, -0.25) is 14.5 Å². The van der Waals surface area contributed by atoms with Crippen molar-refractivity contribution in [1.82, 2.24) is 15.1 Å². The topological polar surface area (TPSA) is 91.3 Å². The van der Waals surface area contributed by atoms with Crippen molar-refractivity contribution >= 4 is 24.2 Å². The second-order valence-corrected chi connectivity index (χ2v) is 11.1. The smallest absolute Gasteiger partial charge is 0.246 e. The number of aliphatic hydroxyl groups is 1. The van der Waals surface area contributed by atoms with Gasteiger partial charge in [-0.1, -0.05) is 38.7 Å². The summed E-state index contributed by atoms with van der Waals surface area (Å²) in [6, 6.07) is 5.46. The summed E-state index contributed by atoms with van der Waals surface area (Å²) in [7, 11) is 0. The molecule has 1 aromatic rings. The number of halogens is 1. The highest BCUT2D eigenvalue weighted by atomic mass is 35.5. The van der Waals surface area contributed by atoms with E-state index in [9.17, 15) is 14.7 Å². The number of benzene rings is 1. The van der Waals surface area contributed by atoms with Gasteiger partial charge in [-0.15, -0.1) is 12.4 Å². The van der Waals surface area contributed by atoms with Crippen LogP contribution in [0.5, 0.6) is 11.5 Å². The van der Waals surface area contributed by atoms with Crippen LogP contribution in [0.3, 0.4) is 0 Å². The van der Waals surface area contributed by atoms with Crippen LogP contribution in [0.2, 0.25) is 0 Å².